The highest BCUT2D eigenvalue weighted by Gasteiger charge is 2.40. The number of hydrazone groups is 1. The molecule has 142 valence electrons. The molecule has 0 spiro atoms. The van der Waals surface area contributed by atoms with E-state index in [0.29, 0.717) is 5.92 Å². The second kappa shape index (κ2) is 6.93. The maximum atomic E-state index is 6.36. The Morgan fingerprint density at radius 3 is 2.71 bits per heavy atom. The molecule has 0 aliphatic carbocycles. The molecule has 0 saturated carbocycles. The summed E-state index contributed by atoms with van der Waals surface area (Å²) in [6, 6.07) is 21.7. The summed E-state index contributed by atoms with van der Waals surface area (Å²) in [4.78, 5) is 0. The van der Waals surface area contributed by atoms with Crippen LogP contribution in [0.5, 0.6) is 5.75 Å². The first-order chi connectivity index (χ1) is 13.6. The lowest BCUT2D eigenvalue weighted by Gasteiger charge is -2.38. The average Bonchev–Trinajstić information content (AvgIpc) is 3.14. The summed E-state index contributed by atoms with van der Waals surface area (Å²) in [5.74, 6) is 1.53. The van der Waals surface area contributed by atoms with Gasteiger partial charge in [-0.3, -0.25) is 5.01 Å². The van der Waals surface area contributed by atoms with Crippen molar-refractivity contribution in [1.82, 2.24) is 5.01 Å². The van der Waals surface area contributed by atoms with Gasteiger partial charge in [0.05, 0.1) is 11.8 Å². The molecule has 0 bridgehead atoms. The Balaban J connectivity index is 1.55. The van der Waals surface area contributed by atoms with E-state index < -0.39 is 0 Å². The number of hydrogen-bond acceptors (Lipinski definition) is 3. The first-order valence-electron chi connectivity index (χ1n) is 9.89. The molecular formula is C24H23BrN2O. The number of hydrogen-bond donors (Lipinski definition) is 0. The fraction of sp³-hybridized carbons (Fsp3) is 0.292. The largest absolute Gasteiger partial charge is 0.469 e. The minimum atomic E-state index is -0.0170. The molecule has 0 amide bonds. The summed E-state index contributed by atoms with van der Waals surface area (Å²) in [5.41, 5.74) is 3.56. The second-order valence-electron chi connectivity index (χ2n) is 8.09. The molecule has 0 N–H and O–H groups in total. The van der Waals surface area contributed by atoms with Crippen molar-refractivity contribution in [3.63, 3.8) is 0 Å². The zero-order valence-electron chi connectivity index (χ0n) is 16.1. The van der Waals surface area contributed by atoms with Gasteiger partial charge in [0.2, 0.25) is 0 Å². The van der Waals surface area contributed by atoms with Gasteiger partial charge in [-0.2, -0.15) is 5.10 Å². The fourth-order valence-electron chi connectivity index (χ4n) is 4.24. The van der Waals surface area contributed by atoms with Crippen molar-refractivity contribution in [2.24, 2.45) is 11.0 Å². The van der Waals surface area contributed by atoms with Crippen LogP contribution >= 0.6 is 15.9 Å². The van der Waals surface area contributed by atoms with E-state index in [1.54, 1.807) is 0 Å². The van der Waals surface area contributed by atoms with E-state index in [0.717, 1.165) is 28.8 Å². The van der Waals surface area contributed by atoms with E-state index in [1.807, 2.05) is 0 Å². The summed E-state index contributed by atoms with van der Waals surface area (Å²) >= 11 is 3.62. The van der Waals surface area contributed by atoms with E-state index in [1.165, 1.54) is 21.9 Å². The smallest absolute Gasteiger partial charge is 0.188 e. The molecule has 2 atom stereocenters. The van der Waals surface area contributed by atoms with E-state index >= 15 is 0 Å². The molecule has 0 fully saturated rings. The molecule has 2 unspecified atom stereocenters. The van der Waals surface area contributed by atoms with Gasteiger partial charge >= 0.3 is 0 Å². The minimum absolute atomic E-state index is 0.0170. The van der Waals surface area contributed by atoms with Crippen LogP contribution in [-0.4, -0.2) is 16.9 Å². The fourth-order valence-corrected chi connectivity index (χ4v) is 4.61. The van der Waals surface area contributed by atoms with Crippen LogP contribution in [0.4, 0.5) is 0 Å². The van der Waals surface area contributed by atoms with Crippen LogP contribution < -0.4 is 4.74 Å². The van der Waals surface area contributed by atoms with E-state index in [2.05, 4.69) is 95.5 Å². The van der Waals surface area contributed by atoms with E-state index in [-0.39, 0.29) is 12.3 Å². The topological polar surface area (TPSA) is 24.8 Å². The molecule has 0 saturated heterocycles. The van der Waals surface area contributed by atoms with Gasteiger partial charge in [-0.15, -0.1) is 0 Å². The third-order valence-corrected chi connectivity index (χ3v) is 6.08. The quantitative estimate of drug-likeness (QED) is 0.468. The molecule has 3 aromatic rings. The molecule has 2 heterocycles. The number of ether oxygens (including phenoxy) is 1. The van der Waals surface area contributed by atoms with Crippen LogP contribution in [0.1, 0.15) is 43.9 Å². The maximum absolute atomic E-state index is 6.36. The van der Waals surface area contributed by atoms with Gasteiger partial charge in [-0.05, 0) is 46.5 Å². The zero-order valence-corrected chi connectivity index (χ0v) is 17.7. The lowest BCUT2D eigenvalue weighted by molar-refractivity contribution is -0.0291. The van der Waals surface area contributed by atoms with Gasteiger partial charge in [0.1, 0.15) is 5.75 Å². The van der Waals surface area contributed by atoms with Crippen molar-refractivity contribution in [2.45, 2.75) is 39.0 Å². The first kappa shape index (κ1) is 17.7. The summed E-state index contributed by atoms with van der Waals surface area (Å²) in [6.45, 7) is 4.47. The monoisotopic (exact) mass is 434 g/mol. The maximum Gasteiger partial charge on any atom is 0.188 e. The van der Waals surface area contributed by atoms with Crippen LogP contribution in [0.25, 0.3) is 10.8 Å². The number of fused-ring (bicyclic) bond motifs is 4. The van der Waals surface area contributed by atoms with Gasteiger partial charge in [0, 0.05) is 22.9 Å². The molecular weight excluding hydrogens is 412 g/mol. The Kier molecular flexibility index (Phi) is 4.39. The third-order valence-electron chi connectivity index (χ3n) is 5.59. The molecule has 3 aromatic carbocycles. The van der Waals surface area contributed by atoms with Crippen molar-refractivity contribution < 1.29 is 4.74 Å². The molecule has 5 rings (SSSR count). The lowest BCUT2D eigenvalue weighted by Crippen LogP contribution is -2.41. The van der Waals surface area contributed by atoms with Gasteiger partial charge in [0.15, 0.2) is 6.23 Å². The highest BCUT2D eigenvalue weighted by Crippen LogP contribution is 2.45. The summed E-state index contributed by atoms with van der Waals surface area (Å²) in [6.07, 6.45) is 1.84. The first-order valence-corrected chi connectivity index (χ1v) is 10.7. The van der Waals surface area contributed by atoms with Gasteiger partial charge in [-0.1, -0.05) is 66.2 Å². The number of benzene rings is 3. The van der Waals surface area contributed by atoms with Gasteiger partial charge in [0.25, 0.3) is 0 Å². The van der Waals surface area contributed by atoms with Crippen LogP contribution in [0.2, 0.25) is 0 Å². The van der Waals surface area contributed by atoms with Crippen LogP contribution in [0, 0.1) is 5.92 Å². The summed E-state index contributed by atoms with van der Waals surface area (Å²) in [5, 5.41) is 9.77. The Hall–Kier alpha value is -2.33. The van der Waals surface area contributed by atoms with Crippen molar-refractivity contribution in [3.8, 4) is 5.75 Å². The van der Waals surface area contributed by atoms with Crippen LogP contribution in [0.15, 0.2) is 70.2 Å². The summed E-state index contributed by atoms with van der Waals surface area (Å²) in [7, 11) is 0. The number of halogens is 1. The van der Waals surface area contributed by atoms with Crippen molar-refractivity contribution in [1.29, 1.82) is 0 Å². The molecule has 0 radical (unpaired) electrons. The van der Waals surface area contributed by atoms with Gasteiger partial charge < -0.3 is 4.74 Å². The Bertz CT molecular complexity index is 1080. The van der Waals surface area contributed by atoms with E-state index in [4.69, 9.17) is 9.84 Å². The van der Waals surface area contributed by atoms with Crippen molar-refractivity contribution >= 4 is 32.4 Å². The normalized spacial score (nSPS) is 20.7. The Morgan fingerprint density at radius 2 is 1.89 bits per heavy atom. The highest BCUT2D eigenvalue weighted by atomic mass is 79.9. The second-order valence-corrected chi connectivity index (χ2v) is 9.01. The minimum Gasteiger partial charge on any atom is -0.469 e. The highest BCUT2D eigenvalue weighted by molar-refractivity contribution is 9.10. The van der Waals surface area contributed by atoms with Crippen LogP contribution in [-0.2, 0) is 0 Å². The Labute approximate surface area is 174 Å². The zero-order chi connectivity index (χ0) is 19.3. The predicted octanol–water partition coefficient (Wildman–Crippen LogP) is 6.52. The van der Waals surface area contributed by atoms with Crippen molar-refractivity contribution in [3.05, 3.63) is 76.3 Å². The van der Waals surface area contributed by atoms with E-state index in [9.17, 15) is 0 Å². The molecule has 3 nitrogen and oxygen atoms in total. The summed E-state index contributed by atoms with van der Waals surface area (Å²) < 4.78 is 7.44. The Morgan fingerprint density at radius 1 is 1.07 bits per heavy atom. The average molecular weight is 435 g/mol. The SMILES string of the molecule is CC(C)CC1Oc2ccc(Br)cc2C2CC(c3ccc4ccccc4c3)=NN12. The molecule has 4 heteroatoms. The predicted molar refractivity (Wildman–Crippen MR) is 118 cm³/mol. The standard InChI is InChI=1S/C24H23BrN2O/c1-15(2)11-24-27-22(20-13-19(25)9-10-23(20)28-24)14-21(26-27)18-8-7-16-5-3-4-6-17(16)12-18/h3-10,12-13,15,22,24H,11,14H2,1-2H3. The lowest BCUT2D eigenvalue weighted by atomic mass is 9.95. The van der Waals surface area contributed by atoms with Crippen molar-refractivity contribution in [2.75, 3.05) is 0 Å². The van der Waals surface area contributed by atoms with Gasteiger partial charge in [-0.25, -0.2) is 0 Å². The number of rotatable bonds is 3. The molecule has 28 heavy (non-hydrogen) atoms. The number of nitrogens with zero attached hydrogens (tertiary/aromatic N) is 2. The molecule has 0 aromatic heterocycles. The third kappa shape index (κ3) is 3.10. The molecule has 2 aliphatic heterocycles. The molecule has 2 aliphatic rings. The van der Waals surface area contributed by atoms with Crippen LogP contribution in [0.3, 0.4) is 0 Å².